The summed E-state index contributed by atoms with van der Waals surface area (Å²) in [6.07, 6.45) is -5.63. The molecule has 0 bridgehead atoms. The first-order valence-corrected chi connectivity index (χ1v) is 14.4. The van der Waals surface area contributed by atoms with Gasteiger partial charge in [0.2, 0.25) is 0 Å². The number of hydrogen-bond acceptors (Lipinski definition) is 15. The maximum atomic E-state index is 13.1. The first-order chi connectivity index (χ1) is 20.9. The highest BCUT2D eigenvalue weighted by Crippen LogP contribution is 2.62. The second kappa shape index (κ2) is 12.2. The quantitative estimate of drug-likeness (QED) is 0.220. The van der Waals surface area contributed by atoms with E-state index in [1.54, 1.807) is 0 Å². The molecular formula is C30H38O15. The van der Waals surface area contributed by atoms with Gasteiger partial charge in [0.1, 0.15) is 18.3 Å². The van der Waals surface area contributed by atoms with E-state index in [-0.39, 0.29) is 18.8 Å². The van der Waals surface area contributed by atoms with Gasteiger partial charge in [-0.05, 0) is 18.6 Å². The summed E-state index contributed by atoms with van der Waals surface area (Å²) < 4.78 is 39.5. The Bertz CT molecular complexity index is 1330. The van der Waals surface area contributed by atoms with Gasteiger partial charge in [-0.15, -0.1) is 0 Å². The van der Waals surface area contributed by atoms with Crippen molar-refractivity contribution >= 4 is 35.8 Å². The number of aliphatic hydroxyl groups excluding tert-OH is 1. The van der Waals surface area contributed by atoms with Gasteiger partial charge < -0.3 is 43.4 Å². The number of epoxide rings is 1. The van der Waals surface area contributed by atoms with Crippen molar-refractivity contribution in [3.8, 4) is 0 Å². The molecule has 45 heavy (non-hydrogen) atoms. The Hall–Kier alpha value is -3.82. The molecule has 0 radical (unpaired) electrons. The molecule has 2 heterocycles. The van der Waals surface area contributed by atoms with Crippen molar-refractivity contribution < 1.29 is 72.1 Å². The van der Waals surface area contributed by atoms with Crippen molar-refractivity contribution in [1.29, 1.82) is 0 Å². The third-order valence-electron chi connectivity index (χ3n) is 8.99. The lowest BCUT2D eigenvalue weighted by molar-refractivity contribution is -0.277. The second-order valence-electron chi connectivity index (χ2n) is 12.0. The van der Waals surface area contributed by atoms with Crippen molar-refractivity contribution in [3.63, 3.8) is 0 Å². The molecule has 15 nitrogen and oxygen atoms in total. The summed E-state index contributed by atoms with van der Waals surface area (Å²) in [7, 11) is 0. The smallest absolute Gasteiger partial charge is 0.312 e. The van der Waals surface area contributed by atoms with Gasteiger partial charge in [0.15, 0.2) is 30.0 Å². The van der Waals surface area contributed by atoms with Crippen LogP contribution in [0.1, 0.15) is 48.5 Å². The Morgan fingerprint density at radius 1 is 0.889 bits per heavy atom. The summed E-state index contributed by atoms with van der Waals surface area (Å²) in [4.78, 5) is 74.9. The summed E-state index contributed by atoms with van der Waals surface area (Å²) >= 11 is 0. The molecule has 2 N–H and O–H groups in total. The second-order valence-corrected chi connectivity index (χ2v) is 12.0. The van der Waals surface area contributed by atoms with E-state index in [1.165, 1.54) is 39.0 Å². The van der Waals surface area contributed by atoms with Crippen LogP contribution in [0, 0.1) is 17.3 Å². The minimum absolute atomic E-state index is 0.185. The minimum Gasteiger partial charge on any atom is -0.461 e. The van der Waals surface area contributed by atoms with Gasteiger partial charge in [-0.3, -0.25) is 28.8 Å². The number of esters is 6. The van der Waals surface area contributed by atoms with Gasteiger partial charge >= 0.3 is 35.8 Å². The number of carbonyl (C=O) groups is 6. The molecule has 11 atom stereocenters. The summed E-state index contributed by atoms with van der Waals surface area (Å²) in [6.45, 7) is 7.71. The SMILES string of the molecule is CC(=O)OCC1=C\[C@@H]2OC(=O)[C@H](C)[C@@]2(O)[C@@H](OC(C)=O)[C@H]2[C@@]3(CO3)[C@H](OC(C)=O)[C@H](OC(C)=O)[C@H](OC(C)=O)[C@]2(C)[C@@H](O)/C=C\1. The molecule has 4 aliphatic rings. The zero-order valence-electron chi connectivity index (χ0n) is 26.0. The monoisotopic (exact) mass is 638 g/mol. The molecule has 0 unspecified atom stereocenters. The zero-order chi connectivity index (χ0) is 33.6. The highest BCUT2D eigenvalue weighted by Gasteiger charge is 2.80. The van der Waals surface area contributed by atoms with Crippen LogP contribution in [-0.2, 0) is 61.9 Å². The van der Waals surface area contributed by atoms with Gasteiger partial charge in [-0.1, -0.05) is 19.1 Å². The first kappa shape index (κ1) is 34.1. The minimum atomic E-state index is -2.38. The van der Waals surface area contributed by atoms with Gasteiger partial charge in [0, 0.05) is 46.0 Å². The van der Waals surface area contributed by atoms with Crippen molar-refractivity contribution in [2.75, 3.05) is 13.2 Å². The number of hydrogen-bond donors (Lipinski definition) is 2. The number of aliphatic hydroxyl groups is 2. The molecule has 0 aromatic carbocycles. The molecule has 0 amide bonds. The fourth-order valence-corrected chi connectivity index (χ4v) is 6.96. The average molecular weight is 639 g/mol. The molecule has 0 aromatic rings. The Labute approximate surface area is 258 Å². The Morgan fingerprint density at radius 2 is 1.42 bits per heavy atom. The van der Waals surface area contributed by atoms with E-state index in [4.69, 9.17) is 33.2 Å². The lowest BCUT2D eigenvalue weighted by atomic mass is 9.51. The van der Waals surface area contributed by atoms with Crippen LogP contribution in [0.15, 0.2) is 23.8 Å². The topological polar surface area (TPSA) is 211 Å². The molecule has 3 fully saturated rings. The van der Waals surface area contributed by atoms with E-state index in [2.05, 4.69) is 0 Å². The standard InChI is InChI=1S/C30H38O15/c1-13-27(37)45-21-10-19(11-39-14(2)31)8-9-20(36)28(7)23(26(30(13,21)38)44-18(6)35)29(12-40-29)25(43-17(5)34)22(41-15(3)32)24(28)42-16(4)33/h8-10,13,20-26,36,38H,11-12H2,1-7H3/b9-8-,19-10-/t13-,20-,21-,22+,23+,24-,25+,26-,28+,29-,30-/m0/s1. The summed E-state index contributed by atoms with van der Waals surface area (Å²) in [6, 6.07) is 0. The first-order valence-electron chi connectivity index (χ1n) is 14.4. The summed E-state index contributed by atoms with van der Waals surface area (Å²) in [5, 5.41) is 24.6. The van der Waals surface area contributed by atoms with E-state index in [9.17, 15) is 39.0 Å². The van der Waals surface area contributed by atoms with E-state index in [0.717, 1.165) is 27.7 Å². The maximum absolute atomic E-state index is 13.1. The molecular weight excluding hydrogens is 600 g/mol. The van der Waals surface area contributed by atoms with Crippen molar-refractivity contribution in [2.24, 2.45) is 17.3 Å². The molecule has 2 aliphatic carbocycles. The predicted molar refractivity (Wildman–Crippen MR) is 146 cm³/mol. The predicted octanol–water partition coefficient (Wildman–Crippen LogP) is -0.169. The van der Waals surface area contributed by atoms with E-state index >= 15 is 0 Å². The van der Waals surface area contributed by atoms with E-state index < -0.39 is 101 Å². The van der Waals surface area contributed by atoms with Crippen LogP contribution in [0.5, 0.6) is 0 Å². The molecule has 248 valence electrons. The van der Waals surface area contributed by atoms with Crippen LogP contribution in [0.3, 0.4) is 0 Å². The Balaban J connectivity index is 2.09. The summed E-state index contributed by atoms with van der Waals surface area (Å²) in [5.74, 6) is -7.73. The lowest BCUT2D eigenvalue weighted by Crippen LogP contribution is -2.75. The molecule has 4 rings (SSSR count). The molecule has 1 saturated carbocycles. The van der Waals surface area contributed by atoms with Crippen molar-refractivity contribution in [3.05, 3.63) is 23.8 Å². The largest absolute Gasteiger partial charge is 0.461 e. The Morgan fingerprint density at radius 3 is 1.93 bits per heavy atom. The molecule has 2 saturated heterocycles. The highest BCUT2D eigenvalue weighted by molar-refractivity contribution is 5.78. The highest BCUT2D eigenvalue weighted by atomic mass is 16.7. The molecule has 15 heteroatoms. The number of ether oxygens (including phenoxy) is 7. The molecule has 1 spiro atoms. The number of fused-ring (bicyclic) bond motifs is 3. The molecule has 2 aliphatic heterocycles. The van der Waals surface area contributed by atoms with Crippen LogP contribution < -0.4 is 0 Å². The Kier molecular flexibility index (Phi) is 9.21. The van der Waals surface area contributed by atoms with Gasteiger partial charge in [-0.25, -0.2) is 0 Å². The maximum Gasteiger partial charge on any atom is 0.312 e. The van der Waals surface area contributed by atoms with Crippen LogP contribution in [0.2, 0.25) is 0 Å². The third-order valence-corrected chi connectivity index (χ3v) is 8.99. The average Bonchev–Trinajstić information content (AvgIpc) is 3.67. The van der Waals surface area contributed by atoms with Gasteiger partial charge in [0.25, 0.3) is 0 Å². The van der Waals surface area contributed by atoms with E-state index in [0.29, 0.717) is 0 Å². The normalized spacial score (nSPS) is 42.0. The van der Waals surface area contributed by atoms with Crippen LogP contribution in [0.25, 0.3) is 0 Å². The number of carbonyl (C=O) groups excluding carboxylic acids is 6. The lowest BCUT2D eigenvalue weighted by Gasteiger charge is -2.58. The fraction of sp³-hybridized carbons (Fsp3) is 0.667. The van der Waals surface area contributed by atoms with Gasteiger partial charge in [0.05, 0.1) is 18.6 Å². The fourth-order valence-electron chi connectivity index (χ4n) is 6.96. The molecule has 0 aromatic heterocycles. The van der Waals surface area contributed by atoms with Crippen molar-refractivity contribution in [2.45, 2.75) is 96.3 Å². The van der Waals surface area contributed by atoms with Gasteiger partial charge in [-0.2, -0.15) is 0 Å². The van der Waals surface area contributed by atoms with Crippen LogP contribution in [0.4, 0.5) is 0 Å². The third kappa shape index (κ3) is 5.95. The van der Waals surface area contributed by atoms with Crippen LogP contribution >= 0.6 is 0 Å². The van der Waals surface area contributed by atoms with Crippen LogP contribution in [-0.4, -0.2) is 107 Å². The number of rotatable bonds is 6. The summed E-state index contributed by atoms with van der Waals surface area (Å²) in [5.41, 5.74) is -5.77. The zero-order valence-corrected chi connectivity index (χ0v) is 26.0. The van der Waals surface area contributed by atoms with E-state index in [1.807, 2.05) is 0 Å². The van der Waals surface area contributed by atoms with Crippen molar-refractivity contribution in [1.82, 2.24) is 0 Å².